The Bertz CT molecular complexity index is 1490. The van der Waals surface area contributed by atoms with Gasteiger partial charge >= 0.3 is 18.1 Å². The van der Waals surface area contributed by atoms with Crippen LogP contribution in [0.4, 0.5) is 10.5 Å². The van der Waals surface area contributed by atoms with Crippen LogP contribution in [-0.4, -0.2) is 56.6 Å². The lowest BCUT2D eigenvalue weighted by atomic mass is 9.77. The van der Waals surface area contributed by atoms with Crippen LogP contribution >= 0.6 is 0 Å². The Labute approximate surface area is 253 Å². The van der Waals surface area contributed by atoms with Gasteiger partial charge in [-0.25, -0.2) is 9.48 Å². The maximum atomic E-state index is 13.2. The van der Waals surface area contributed by atoms with E-state index in [4.69, 9.17) is 23.7 Å². The number of pyridine rings is 1. The van der Waals surface area contributed by atoms with Crippen LogP contribution in [-0.2, 0) is 30.5 Å². The minimum absolute atomic E-state index is 0.0872. The van der Waals surface area contributed by atoms with Crippen LogP contribution in [0, 0.1) is 28.9 Å². The molecule has 0 saturated heterocycles. The Kier molecular flexibility index (Phi) is 10.5. The molecule has 14 heteroatoms. The Balaban J connectivity index is 1.48. The van der Waals surface area contributed by atoms with Gasteiger partial charge in [-0.05, 0) is 58.2 Å². The van der Waals surface area contributed by atoms with Gasteiger partial charge in [0.1, 0.15) is 17.6 Å². The molecule has 0 radical (unpaired) electrons. The SMILES string of the molecule is CC(=O)OCC1CCCC(Oc2c(-c3cnn(COC(=O)Oc4ccc([N+](=O)[O-])cc4)c3)ccnc2C)C1C(=O)OC(C)C. The van der Waals surface area contributed by atoms with Gasteiger partial charge in [0, 0.05) is 48.5 Å². The van der Waals surface area contributed by atoms with Gasteiger partial charge in [0.05, 0.1) is 35.4 Å². The van der Waals surface area contributed by atoms with Crippen molar-refractivity contribution in [1.82, 2.24) is 14.8 Å². The third-order valence-electron chi connectivity index (χ3n) is 6.96. The highest BCUT2D eigenvalue weighted by Crippen LogP contribution is 2.39. The summed E-state index contributed by atoms with van der Waals surface area (Å²) in [4.78, 5) is 51.5. The van der Waals surface area contributed by atoms with Crippen molar-refractivity contribution < 1.29 is 43.0 Å². The number of non-ortho nitro benzene ring substituents is 1. The Morgan fingerprint density at radius 3 is 2.55 bits per heavy atom. The number of nitro groups is 1. The highest BCUT2D eigenvalue weighted by Gasteiger charge is 2.42. The van der Waals surface area contributed by atoms with Crippen molar-refractivity contribution >= 4 is 23.8 Å². The number of carbonyl (C=O) groups excluding carboxylic acids is 3. The molecule has 1 aromatic carbocycles. The summed E-state index contributed by atoms with van der Waals surface area (Å²) in [5.41, 5.74) is 1.76. The summed E-state index contributed by atoms with van der Waals surface area (Å²) in [5.74, 6) is -1.20. The van der Waals surface area contributed by atoms with Gasteiger partial charge < -0.3 is 23.7 Å². The quantitative estimate of drug-likeness (QED) is 0.0935. The van der Waals surface area contributed by atoms with Crippen molar-refractivity contribution in [2.24, 2.45) is 11.8 Å². The lowest BCUT2D eigenvalue weighted by Crippen LogP contribution is -2.44. The zero-order valence-corrected chi connectivity index (χ0v) is 24.8. The molecule has 1 saturated carbocycles. The summed E-state index contributed by atoms with van der Waals surface area (Å²) >= 11 is 0. The second-order valence-electron chi connectivity index (χ2n) is 10.6. The van der Waals surface area contributed by atoms with E-state index in [9.17, 15) is 24.5 Å². The normalized spacial score (nSPS) is 17.9. The molecule has 1 aliphatic carbocycles. The van der Waals surface area contributed by atoms with E-state index in [1.165, 1.54) is 35.9 Å². The van der Waals surface area contributed by atoms with Crippen LogP contribution < -0.4 is 9.47 Å². The van der Waals surface area contributed by atoms with Crippen LogP contribution in [0.2, 0.25) is 0 Å². The predicted molar refractivity (Wildman–Crippen MR) is 154 cm³/mol. The van der Waals surface area contributed by atoms with Gasteiger partial charge in [0.2, 0.25) is 0 Å². The summed E-state index contributed by atoms with van der Waals surface area (Å²) in [6.45, 7) is 6.49. The van der Waals surface area contributed by atoms with Crippen LogP contribution in [0.1, 0.15) is 45.7 Å². The molecular formula is C30H34N4O10. The van der Waals surface area contributed by atoms with E-state index in [1.807, 2.05) is 0 Å². The summed E-state index contributed by atoms with van der Waals surface area (Å²) in [7, 11) is 0. The topological polar surface area (TPSA) is 171 Å². The fraction of sp³-hybridized carbons (Fsp3) is 0.433. The third kappa shape index (κ3) is 8.30. The number of nitro benzene ring substituents is 1. The number of nitrogens with zero attached hydrogens (tertiary/aromatic N) is 4. The summed E-state index contributed by atoms with van der Waals surface area (Å²) in [5, 5.41) is 15.0. The summed E-state index contributed by atoms with van der Waals surface area (Å²) in [6, 6.07) is 6.75. The standard InChI is InChI=1S/C30H34N4O10/c1-18(2)42-29(36)27-21(16-40-20(4)35)6-5-7-26(27)44-28-19(3)31-13-12-25(28)22-14-32-33(15-22)17-41-30(37)43-24-10-8-23(9-11-24)34(38)39/h8-15,18,21,26-27H,5-7,16-17H2,1-4H3. The number of hydrogen-bond donors (Lipinski definition) is 0. The van der Waals surface area contributed by atoms with Crippen molar-refractivity contribution in [2.45, 2.75) is 65.9 Å². The van der Waals surface area contributed by atoms with Gasteiger partial charge in [-0.3, -0.25) is 24.7 Å². The van der Waals surface area contributed by atoms with E-state index in [0.29, 0.717) is 35.4 Å². The molecule has 2 aromatic heterocycles. The molecule has 14 nitrogen and oxygen atoms in total. The highest BCUT2D eigenvalue weighted by molar-refractivity contribution is 5.75. The number of hydrogen-bond acceptors (Lipinski definition) is 12. The van der Waals surface area contributed by atoms with E-state index < -0.39 is 35.0 Å². The zero-order chi connectivity index (χ0) is 31.8. The molecule has 4 rings (SSSR count). The average molecular weight is 611 g/mol. The molecule has 0 bridgehead atoms. The molecule has 0 spiro atoms. The molecule has 0 N–H and O–H groups in total. The smallest absolute Gasteiger partial charge is 0.487 e. The van der Waals surface area contributed by atoms with Crippen LogP contribution in [0.5, 0.6) is 11.5 Å². The molecule has 2 heterocycles. The van der Waals surface area contributed by atoms with Gasteiger partial charge in [-0.2, -0.15) is 5.10 Å². The minimum atomic E-state index is -1.01. The van der Waals surface area contributed by atoms with Crippen molar-refractivity contribution in [3.05, 3.63) is 64.7 Å². The number of esters is 2. The van der Waals surface area contributed by atoms with Crippen molar-refractivity contribution in [1.29, 1.82) is 0 Å². The van der Waals surface area contributed by atoms with Gasteiger partial charge in [-0.15, -0.1) is 0 Å². The molecule has 0 amide bonds. The fourth-order valence-corrected chi connectivity index (χ4v) is 4.98. The van der Waals surface area contributed by atoms with Crippen LogP contribution in [0.25, 0.3) is 11.1 Å². The van der Waals surface area contributed by atoms with Crippen LogP contribution in [0.3, 0.4) is 0 Å². The molecule has 3 aromatic rings. The van der Waals surface area contributed by atoms with Crippen molar-refractivity contribution in [3.63, 3.8) is 0 Å². The molecule has 0 aliphatic heterocycles. The lowest BCUT2D eigenvalue weighted by Gasteiger charge is -2.37. The first kappa shape index (κ1) is 31.9. The summed E-state index contributed by atoms with van der Waals surface area (Å²) in [6.07, 6.45) is 5.00. The largest absolute Gasteiger partial charge is 0.515 e. The first-order valence-electron chi connectivity index (χ1n) is 14.1. The highest BCUT2D eigenvalue weighted by atomic mass is 16.7. The Morgan fingerprint density at radius 1 is 1.11 bits per heavy atom. The first-order chi connectivity index (χ1) is 21.0. The molecule has 234 valence electrons. The minimum Gasteiger partial charge on any atom is -0.487 e. The average Bonchev–Trinajstić information content (AvgIpc) is 3.45. The maximum absolute atomic E-state index is 13.2. The number of ether oxygens (including phenoxy) is 5. The second-order valence-corrected chi connectivity index (χ2v) is 10.6. The number of rotatable bonds is 11. The summed E-state index contributed by atoms with van der Waals surface area (Å²) < 4.78 is 29.0. The predicted octanol–water partition coefficient (Wildman–Crippen LogP) is 5.01. The van der Waals surface area contributed by atoms with E-state index in [-0.39, 0.29) is 36.8 Å². The molecular weight excluding hydrogens is 576 g/mol. The van der Waals surface area contributed by atoms with E-state index >= 15 is 0 Å². The number of aromatic nitrogens is 3. The third-order valence-corrected chi connectivity index (χ3v) is 6.96. The Morgan fingerprint density at radius 2 is 1.86 bits per heavy atom. The second kappa shape index (κ2) is 14.4. The fourth-order valence-electron chi connectivity index (χ4n) is 4.98. The first-order valence-corrected chi connectivity index (χ1v) is 14.1. The molecule has 3 unspecified atom stereocenters. The monoisotopic (exact) mass is 610 g/mol. The maximum Gasteiger partial charge on any atom is 0.515 e. The van der Waals surface area contributed by atoms with E-state index in [0.717, 1.165) is 6.42 Å². The molecule has 1 fully saturated rings. The van der Waals surface area contributed by atoms with E-state index in [2.05, 4.69) is 10.1 Å². The number of aryl methyl sites for hydroxylation is 1. The number of carbonyl (C=O) groups is 3. The lowest BCUT2D eigenvalue weighted by molar-refractivity contribution is -0.384. The number of benzene rings is 1. The zero-order valence-electron chi connectivity index (χ0n) is 24.8. The van der Waals surface area contributed by atoms with Crippen molar-refractivity contribution in [2.75, 3.05) is 6.61 Å². The van der Waals surface area contributed by atoms with E-state index in [1.54, 1.807) is 45.4 Å². The van der Waals surface area contributed by atoms with Gasteiger partial charge in [0.25, 0.3) is 5.69 Å². The van der Waals surface area contributed by atoms with Gasteiger partial charge in [-0.1, -0.05) is 0 Å². The molecule has 3 atom stereocenters. The molecule has 1 aliphatic rings. The van der Waals surface area contributed by atoms with Crippen LogP contribution in [0.15, 0.2) is 48.9 Å². The van der Waals surface area contributed by atoms with Gasteiger partial charge in [0.15, 0.2) is 6.73 Å². The molecule has 44 heavy (non-hydrogen) atoms. The Hall–Kier alpha value is -5.01. The van der Waals surface area contributed by atoms with Crippen molar-refractivity contribution in [3.8, 4) is 22.6 Å².